The summed E-state index contributed by atoms with van der Waals surface area (Å²) in [4.78, 5) is 22.1. The van der Waals surface area contributed by atoms with Crippen LogP contribution in [0.4, 0.5) is 22.0 Å². The number of nitrogens with zero attached hydrogens (tertiary/aromatic N) is 4. The summed E-state index contributed by atoms with van der Waals surface area (Å²) in [5, 5.41) is 0.813. The topological polar surface area (TPSA) is 59.7 Å². The molecule has 0 radical (unpaired) electrons. The fourth-order valence-electron chi connectivity index (χ4n) is 3.92. The van der Waals surface area contributed by atoms with Crippen LogP contribution in [0.3, 0.4) is 0 Å². The summed E-state index contributed by atoms with van der Waals surface area (Å²) in [6, 6.07) is 13.0. The molecular formula is C23H18ClF5N4O2. The van der Waals surface area contributed by atoms with E-state index in [0.29, 0.717) is 5.52 Å². The second-order valence-corrected chi connectivity index (χ2v) is 7.99. The summed E-state index contributed by atoms with van der Waals surface area (Å²) in [7, 11) is 0. The minimum Gasteiger partial charge on any atom is -0.466 e. The van der Waals surface area contributed by atoms with Crippen molar-refractivity contribution in [2.45, 2.75) is 24.6 Å². The first-order chi connectivity index (χ1) is 16.1. The fraction of sp³-hybridized carbons (Fsp3) is 0.261. The molecule has 0 saturated carbocycles. The number of alkyl halides is 5. The molecule has 35 heavy (non-hydrogen) atoms. The minimum atomic E-state index is -4.69. The smallest absolute Gasteiger partial charge is 0.434 e. The van der Waals surface area contributed by atoms with Crippen LogP contribution in [0.25, 0.3) is 16.6 Å². The molecule has 1 unspecified atom stereocenters. The van der Waals surface area contributed by atoms with Crippen LogP contribution >= 0.6 is 12.4 Å². The van der Waals surface area contributed by atoms with E-state index in [9.17, 15) is 26.7 Å². The van der Waals surface area contributed by atoms with Gasteiger partial charge in [0, 0.05) is 36.8 Å². The van der Waals surface area contributed by atoms with Gasteiger partial charge >= 0.3 is 6.18 Å². The number of hydrogen-bond donors (Lipinski definition) is 0. The third-order valence-corrected chi connectivity index (χ3v) is 5.70. The Morgan fingerprint density at radius 1 is 1.06 bits per heavy atom. The van der Waals surface area contributed by atoms with Gasteiger partial charge in [0.25, 0.3) is 11.8 Å². The first-order valence-corrected chi connectivity index (χ1v) is 10.4. The Bertz CT molecular complexity index is 1390. The Labute approximate surface area is 201 Å². The standard InChI is InChI=1S/C23H17F5N4O2.ClH/c24-22(25)9-11-32(13-18(22)34-19-8-7-14-4-1-2-6-16(14)29-19)21(33)15-5-3-10-31-12-17(23(26,27)28)30-20(15)31;/h1-8,10,12,18H,9,11,13H2;1H. The maximum absolute atomic E-state index is 14.7. The number of fused-ring (bicyclic) bond motifs is 2. The maximum atomic E-state index is 14.7. The van der Waals surface area contributed by atoms with Crippen molar-refractivity contribution in [3.8, 4) is 5.88 Å². The van der Waals surface area contributed by atoms with E-state index in [1.807, 2.05) is 12.1 Å². The van der Waals surface area contributed by atoms with Gasteiger partial charge in [-0.05, 0) is 24.3 Å². The van der Waals surface area contributed by atoms with Crippen molar-refractivity contribution >= 4 is 34.9 Å². The monoisotopic (exact) mass is 512 g/mol. The van der Waals surface area contributed by atoms with Crippen molar-refractivity contribution in [2.75, 3.05) is 13.1 Å². The van der Waals surface area contributed by atoms with E-state index in [2.05, 4.69) is 9.97 Å². The molecule has 0 N–H and O–H groups in total. The molecule has 0 bridgehead atoms. The molecule has 1 aromatic carbocycles. The Morgan fingerprint density at radius 2 is 1.83 bits per heavy atom. The van der Waals surface area contributed by atoms with Crippen molar-refractivity contribution in [1.29, 1.82) is 0 Å². The lowest BCUT2D eigenvalue weighted by atomic mass is 10.0. The highest BCUT2D eigenvalue weighted by Gasteiger charge is 2.47. The Hall–Kier alpha value is -3.47. The molecule has 6 nitrogen and oxygen atoms in total. The number of rotatable bonds is 3. The zero-order valence-corrected chi connectivity index (χ0v) is 18.7. The van der Waals surface area contributed by atoms with Gasteiger partial charge in [0.15, 0.2) is 11.8 Å². The van der Waals surface area contributed by atoms with E-state index in [1.54, 1.807) is 18.2 Å². The van der Waals surface area contributed by atoms with Gasteiger partial charge in [0.1, 0.15) is 5.65 Å². The van der Waals surface area contributed by atoms with Gasteiger partial charge in [-0.3, -0.25) is 4.79 Å². The molecule has 184 valence electrons. The second kappa shape index (κ2) is 8.95. The zero-order valence-electron chi connectivity index (χ0n) is 17.9. The Kier molecular flexibility index (Phi) is 6.31. The van der Waals surface area contributed by atoms with E-state index >= 15 is 0 Å². The van der Waals surface area contributed by atoms with Crippen LogP contribution < -0.4 is 4.74 Å². The maximum Gasteiger partial charge on any atom is 0.434 e. The molecule has 1 fully saturated rings. The number of piperidine rings is 1. The van der Waals surface area contributed by atoms with E-state index < -0.39 is 42.8 Å². The fourth-order valence-corrected chi connectivity index (χ4v) is 3.92. The summed E-state index contributed by atoms with van der Waals surface area (Å²) in [5.41, 5.74) is -0.906. The molecule has 0 spiro atoms. The summed E-state index contributed by atoms with van der Waals surface area (Å²) in [6.45, 7) is -0.751. The molecule has 4 heterocycles. The Morgan fingerprint density at radius 3 is 2.60 bits per heavy atom. The number of amides is 1. The summed E-state index contributed by atoms with van der Waals surface area (Å²) >= 11 is 0. The first kappa shape index (κ1) is 24.6. The predicted octanol–water partition coefficient (Wildman–Crippen LogP) is 5.25. The molecule has 1 amide bonds. The van der Waals surface area contributed by atoms with Gasteiger partial charge in [-0.25, -0.2) is 18.7 Å². The Balaban J connectivity index is 0.00000289. The van der Waals surface area contributed by atoms with E-state index in [0.717, 1.165) is 20.9 Å². The highest BCUT2D eigenvalue weighted by atomic mass is 35.5. The van der Waals surface area contributed by atoms with Gasteiger partial charge in [-0.2, -0.15) is 13.2 Å². The number of para-hydroxylation sites is 1. The second-order valence-electron chi connectivity index (χ2n) is 7.99. The number of aromatic nitrogens is 3. The number of hydrogen-bond acceptors (Lipinski definition) is 4. The molecule has 0 aliphatic carbocycles. The van der Waals surface area contributed by atoms with E-state index in [1.165, 1.54) is 24.4 Å². The molecule has 4 aromatic rings. The van der Waals surface area contributed by atoms with Gasteiger partial charge in [-0.15, -0.1) is 12.4 Å². The van der Waals surface area contributed by atoms with E-state index in [4.69, 9.17) is 4.74 Å². The number of halogens is 6. The van der Waals surface area contributed by atoms with Crippen LogP contribution in [0, 0.1) is 0 Å². The van der Waals surface area contributed by atoms with Gasteiger partial charge in [0.2, 0.25) is 5.88 Å². The molecule has 1 aliphatic heterocycles. The SMILES string of the molecule is Cl.O=C(c1cccn2cc(C(F)(F)F)nc12)N1CCC(F)(F)C(Oc2ccc3ccccc3n2)C1. The van der Waals surface area contributed by atoms with Crippen molar-refractivity contribution in [3.63, 3.8) is 0 Å². The van der Waals surface area contributed by atoms with Crippen molar-refractivity contribution in [3.05, 3.63) is 72.2 Å². The molecule has 5 rings (SSSR count). The average Bonchev–Trinajstić information content (AvgIpc) is 3.25. The van der Waals surface area contributed by atoms with Crippen LogP contribution in [0.2, 0.25) is 0 Å². The number of ether oxygens (including phenoxy) is 1. The molecule has 3 aromatic heterocycles. The number of imidazole rings is 1. The lowest BCUT2D eigenvalue weighted by molar-refractivity contribution is -0.140. The third-order valence-electron chi connectivity index (χ3n) is 5.70. The normalized spacial score (nSPS) is 17.9. The molecule has 1 aliphatic rings. The van der Waals surface area contributed by atoms with Gasteiger partial charge in [0.05, 0.1) is 17.6 Å². The van der Waals surface area contributed by atoms with E-state index in [-0.39, 0.29) is 36.0 Å². The highest BCUT2D eigenvalue weighted by Crippen LogP contribution is 2.33. The average molecular weight is 513 g/mol. The van der Waals surface area contributed by atoms with Crippen molar-refractivity contribution in [1.82, 2.24) is 19.3 Å². The summed E-state index contributed by atoms with van der Waals surface area (Å²) in [5.74, 6) is -3.95. The van der Waals surface area contributed by atoms with Crippen LogP contribution in [0.5, 0.6) is 5.88 Å². The predicted molar refractivity (Wildman–Crippen MR) is 119 cm³/mol. The van der Waals surface area contributed by atoms with Crippen molar-refractivity contribution < 1.29 is 31.5 Å². The lowest BCUT2D eigenvalue weighted by Gasteiger charge is -2.38. The molecule has 1 atom stereocenters. The quantitative estimate of drug-likeness (QED) is 0.352. The number of likely N-dealkylation sites (tertiary alicyclic amines) is 1. The molecular weight excluding hydrogens is 495 g/mol. The van der Waals surface area contributed by atoms with Crippen molar-refractivity contribution in [2.24, 2.45) is 0 Å². The van der Waals surface area contributed by atoms with Crippen LogP contribution in [-0.2, 0) is 6.18 Å². The highest BCUT2D eigenvalue weighted by molar-refractivity contribution is 6.00. The summed E-state index contributed by atoms with van der Waals surface area (Å²) in [6.07, 6.45) is -4.93. The number of carbonyl (C=O) groups excluding carboxylic acids is 1. The third kappa shape index (κ3) is 4.72. The van der Waals surface area contributed by atoms with Gasteiger partial charge < -0.3 is 14.0 Å². The molecule has 12 heteroatoms. The largest absolute Gasteiger partial charge is 0.466 e. The minimum absolute atomic E-state index is 0. The lowest BCUT2D eigenvalue weighted by Crippen LogP contribution is -2.55. The number of carbonyl (C=O) groups is 1. The van der Waals surface area contributed by atoms with Crippen LogP contribution in [0.1, 0.15) is 22.5 Å². The molecule has 1 saturated heterocycles. The first-order valence-electron chi connectivity index (χ1n) is 10.4. The number of benzene rings is 1. The summed E-state index contributed by atoms with van der Waals surface area (Å²) < 4.78 is 75.2. The van der Waals surface area contributed by atoms with Gasteiger partial charge in [-0.1, -0.05) is 18.2 Å². The van der Waals surface area contributed by atoms with Crippen LogP contribution in [0.15, 0.2) is 60.9 Å². The zero-order chi connectivity index (χ0) is 24.1. The number of pyridine rings is 2. The van der Waals surface area contributed by atoms with Crippen LogP contribution in [-0.4, -0.2) is 50.3 Å².